The van der Waals surface area contributed by atoms with Crippen LogP contribution in [0, 0.1) is 0 Å². The number of phenolic OH excluding ortho intramolecular Hbond substituents is 1. The molecule has 1 aromatic heterocycles. The van der Waals surface area contributed by atoms with Crippen LogP contribution in [0.2, 0.25) is 0 Å². The maximum absolute atomic E-state index is 11.9. The molecule has 3 rings (SSSR count). The van der Waals surface area contributed by atoms with Crippen LogP contribution in [0.3, 0.4) is 0 Å². The van der Waals surface area contributed by atoms with E-state index in [1.807, 2.05) is 18.2 Å². The predicted octanol–water partition coefficient (Wildman–Crippen LogP) is 9.24. The zero-order valence-corrected chi connectivity index (χ0v) is 25.0. The van der Waals surface area contributed by atoms with E-state index in [0.717, 1.165) is 31.1 Å². The molecule has 1 heterocycles. The molecule has 207 valence electrons. The Morgan fingerprint density at radius 3 is 2.03 bits per heavy atom. The molecule has 0 aliphatic carbocycles. The first kappa shape index (κ1) is 34.1. The van der Waals surface area contributed by atoms with E-state index in [4.69, 9.17) is 58.0 Å². The second-order valence-corrected chi connectivity index (χ2v) is 11.9. The number of carboxylic acid groups (broad SMARTS) is 1. The number of carboxylic acids is 1. The number of benzene rings is 2. The smallest absolute Gasteiger partial charge is 0.332 e. The van der Waals surface area contributed by atoms with Gasteiger partial charge in [-0.25, -0.2) is 4.79 Å². The number of para-hydroxylation sites is 1. The van der Waals surface area contributed by atoms with Crippen molar-refractivity contribution < 1.29 is 32.1 Å². The van der Waals surface area contributed by atoms with Crippen molar-refractivity contribution in [3.05, 3.63) is 72.4 Å². The first-order valence-electron chi connectivity index (χ1n) is 11.7. The topological polar surface area (TPSA) is 70.4 Å². The van der Waals surface area contributed by atoms with Gasteiger partial charge in [-0.3, -0.25) is 4.98 Å². The van der Waals surface area contributed by atoms with Crippen molar-refractivity contribution in [3.63, 3.8) is 0 Å². The van der Waals surface area contributed by atoms with Gasteiger partial charge in [-0.05, 0) is 24.1 Å². The number of phenols is 1. The fourth-order valence-electron chi connectivity index (χ4n) is 3.73. The normalized spacial score (nSPS) is 13.1. The Hall–Kier alpha value is -0.911. The van der Waals surface area contributed by atoms with Gasteiger partial charge >= 0.3 is 5.97 Å². The molecule has 0 amide bonds. The number of alkyl halides is 5. The number of halogens is 5. The molecule has 0 saturated carbocycles. The quantitative estimate of drug-likeness (QED) is 0.123. The second kappa shape index (κ2) is 15.6. The summed E-state index contributed by atoms with van der Waals surface area (Å²) in [5.41, 5.74) is 0.887. The van der Waals surface area contributed by atoms with Crippen LogP contribution in [-0.4, -0.2) is 29.8 Å². The molecule has 1 radical (unpaired) electrons. The number of hydrogen-bond donors (Lipinski definition) is 2. The molecule has 37 heavy (non-hydrogen) atoms. The molecule has 1 atom stereocenters. The number of rotatable bonds is 11. The van der Waals surface area contributed by atoms with Crippen LogP contribution in [0.25, 0.3) is 10.9 Å². The largest absolute Gasteiger partial charge is 0.506 e. The van der Waals surface area contributed by atoms with E-state index in [2.05, 4.69) is 11.9 Å². The predicted molar refractivity (Wildman–Crippen MR) is 152 cm³/mol. The van der Waals surface area contributed by atoms with Crippen molar-refractivity contribution in [3.8, 4) is 5.75 Å². The Labute approximate surface area is 254 Å². The molecule has 2 N–H and O–H groups in total. The molecule has 4 nitrogen and oxygen atoms in total. The van der Waals surface area contributed by atoms with Gasteiger partial charge in [-0.15, -0.1) is 0 Å². The van der Waals surface area contributed by atoms with E-state index >= 15 is 0 Å². The number of aliphatic carboxylic acids is 1. The first-order chi connectivity index (χ1) is 17.0. The van der Waals surface area contributed by atoms with Gasteiger partial charge in [0.05, 0.1) is 0 Å². The third-order valence-corrected chi connectivity index (χ3v) is 9.21. The number of fused-ring (bicyclic) bond motifs is 1. The Morgan fingerprint density at radius 1 is 0.838 bits per heavy atom. The monoisotopic (exact) mass is 654 g/mol. The third-order valence-electron chi connectivity index (χ3n) is 5.81. The van der Waals surface area contributed by atoms with Crippen LogP contribution in [0.15, 0.2) is 66.9 Å². The van der Waals surface area contributed by atoms with E-state index in [0.29, 0.717) is 11.9 Å². The van der Waals surface area contributed by atoms with Crippen molar-refractivity contribution >= 4 is 74.9 Å². The molecular weight excluding hydrogens is 627 g/mol. The summed E-state index contributed by atoms with van der Waals surface area (Å²) in [6.45, 7) is 2.15. The molecule has 0 spiro atoms. The van der Waals surface area contributed by atoms with Crippen LogP contribution in [-0.2, 0) is 26.7 Å². The minimum Gasteiger partial charge on any atom is -0.506 e. The van der Waals surface area contributed by atoms with Gasteiger partial charge in [0, 0.05) is 28.7 Å². The fraction of sp³-hybridized carbons (Fsp3) is 0.407. The summed E-state index contributed by atoms with van der Waals surface area (Å²) in [6, 6.07) is 17.2. The van der Waals surface area contributed by atoms with E-state index in [1.54, 1.807) is 36.5 Å². The van der Waals surface area contributed by atoms with Crippen molar-refractivity contribution in [2.75, 3.05) is 0 Å². The molecule has 0 fully saturated rings. The van der Waals surface area contributed by atoms with Crippen LogP contribution in [0.1, 0.15) is 57.4 Å². The summed E-state index contributed by atoms with van der Waals surface area (Å²) in [6.07, 6.45) is 8.04. The molecule has 0 aliphatic rings. The van der Waals surface area contributed by atoms with Crippen LogP contribution >= 0.6 is 58.0 Å². The molecule has 0 bridgehead atoms. The van der Waals surface area contributed by atoms with Crippen LogP contribution < -0.4 is 0 Å². The van der Waals surface area contributed by atoms with Crippen molar-refractivity contribution in [2.45, 2.75) is 65.4 Å². The molecule has 1 unspecified atom stereocenters. The average molecular weight is 657 g/mol. The minimum atomic E-state index is -2.18. The van der Waals surface area contributed by atoms with Crippen molar-refractivity contribution in [2.24, 2.45) is 0 Å². The molecule has 10 heteroatoms. The number of pyridine rings is 1. The van der Waals surface area contributed by atoms with Crippen LogP contribution in [0.4, 0.5) is 0 Å². The molecule has 2 aromatic carbocycles. The zero-order chi connectivity index (χ0) is 26.8. The van der Waals surface area contributed by atoms with E-state index < -0.39 is 19.5 Å². The summed E-state index contributed by atoms with van der Waals surface area (Å²) in [5, 5.41) is 20.0. The molecule has 0 aliphatic heterocycles. The SMILES string of the molecule is CCCCCCCCC(Cl)(Cl)C(Cl)(Cl)C(Cl)(C(=O)O)c1ccccc1.Oc1cccc2cccnc12.[Cu]. The fourth-order valence-corrected chi connectivity index (χ4v) is 5.23. The van der Waals surface area contributed by atoms with E-state index in [9.17, 15) is 15.0 Å². The number of hydrogen-bond acceptors (Lipinski definition) is 3. The minimum absolute atomic E-state index is 0. The maximum Gasteiger partial charge on any atom is 0.332 e. The van der Waals surface area contributed by atoms with Crippen molar-refractivity contribution in [1.82, 2.24) is 4.98 Å². The van der Waals surface area contributed by atoms with Gasteiger partial charge in [-0.1, -0.05) is 152 Å². The Balaban J connectivity index is 0.000000471. The Kier molecular flexibility index (Phi) is 14.4. The Morgan fingerprint density at radius 2 is 1.43 bits per heavy atom. The summed E-state index contributed by atoms with van der Waals surface area (Å²) in [4.78, 5) is 13.8. The van der Waals surface area contributed by atoms with Gasteiger partial charge in [-0.2, -0.15) is 0 Å². The zero-order valence-electron chi connectivity index (χ0n) is 20.2. The van der Waals surface area contributed by atoms with Gasteiger partial charge in [0.1, 0.15) is 11.3 Å². The number of unbranched alkanes of at least 4 members (excludes halogenated alkanes) is 5. The molecule has 3 aromatic rings. The van der Waals surface area contributed by atoms with Gasteiger partial charge in [0.2, 0.25) is 4.87 Å². The van der Waals surface area contributed by atoms with Gasteiger partial charge in [0.15, 0.2) is 8.67 Å². The average Bonchev–Trinajstić information content (AvgIpc) is 2.86. The summed E-state index contributed by atoms with van der Waals surface area (Å²) in [7, 11) is 0. The van der Waals surface area contributed by atoms with Crippen molar-refractivity contribution in [1.29, 1.82) is 0 Å². The standard InChI is InChI=1S/C18H23Cl5O2.C9H7NO.Cu/c1-2-3-4-5-6-10-13-16(19,20)18(22,23)17(21,15(24)25)14-11-8-7-9-12-14;11-8-5-1-3-7-4-2-6-10-9(7)8;/h7-9,11-12H,2-6,10,13H2,1H3,(H,24,25);1-6,11H;. The van der Waals surface area contributed by atoms with E-state index in [-0.39, 0.29) is 34.8 Å². The summed E-state index contributed by atoms with van der Waals surface area (Å²) in [5.74, 6) is -1.16. The van der Waals surface area contributed by atoms with Gasteiger partial charge < -0.3 is 10.2 Å². The number of aromatic hydroxyl groups is 1. The maximum atomic E-state index is 11.9. The second-order valence-electron chi connectivity index (χ2n) is 8.48. The number of nitrogens with zero attached hydrogens (tertiary/aromatic N) is 1. The number of aromatic nitrogens is 1. The Bertz CT molecular complexity index is 1110. The molecule has 0 saturated heterocycles. The number of carbonyl (C=O) groups is 1. The summed E-state index contributed by atoms with van der Waals surface area (Å²) < 4.78 is -3.86. The third kappa shape index (κ3) is 8.54. The van der Waals surface area contributed by atoms with Crippen LogP contribution in [0.5, 0.6) is 5.75 Å². The molecular formula is C27H30Cl5CuNO3. The van der Waals surface area contributed by atoms with Gasteiger partial charge in [0.25, 0.3) is 0 Å². The first-order valence-corrected chi connectivity index (χ1v) is 13.6. The summed E-state index contributed by atoms with van der Waals surface area (Å²) >= 11 is 32.1. The van der Waals surface area contributed by atoms with E-state index in [1.165, 1.54) is 18.6 Å².